The van der Waals surface area contributed by atoms with Crippen molar-refractivity contribution in [3.05, 3.63) is 83.0 Å². The number of nitrogens with one attached hydrogen (secondary N) is 1. The van der Waals surface area contributed by atoms with Gasteiger partial charge in [-0.1, -0.05) is 41.9 Å². The zero-order chi connectivity index (χ0) is 27.5. The maximum atomic E-state index is 13.7. The highest BCUT2D eigenvalue weighted by atomic mass is 35.5. The summed E-state index contributed by atoms with van der Waals surface area (Å²) in [5.74, 6) is 0.456. The van der Waals surface area contributed by atoms with Crippen molar-refractivity contribution in [2.75, 3.05) is 57.3 Å². The molecule has 0 bridgehead atoms. The molecule has 0 aliphatic carbocycles. The average molecular weight is 550 g/mol. The zero-order valence-electron chi connectivity index (χ0n) is 21.9. The van der Waals surface area contributed by atoms with Gasteiger partial charge in [0.05, 0.1) is 36.2 Å². The monoisotopic (exact) mass is 549 g/mol. The topological polar surface area (TPSA) is 85.4 Å². The summed E-state index contributed by atoms with van der Waals surface area (Å²) in [6.07, 6.45) is 1.62. The Bertz CT molecular complexity index is 1320. The highest BCUT2D eigenvalue weighted by Gasteiger charge is 2.44. The number of halogens is 1. The Morgan fingerprint density at radius 3 is 2.62 bits per heavy atom. The number of para-hydroxylation sites is 2. The van der Waals surface area contributed by atoms with Crippen LogP contribution in [0.25, 0.3) is 0 Å². The second kappa shape index (κ2) is 11.4. The fraction of sp³-hybridized carbons (Fsp3) is 0.345. The van der Waals surface area contributed by atoms with Crippen LogP contribution in [0.2, 0.25) is 5.02 Å². The first-order valence-corrected chi connectivity index (χ1v) is 13.5. The Hall–Kier alpha value is -3.98. The number of rotatable bonds is 8. The van der Waals surface area contributed by atoms with Gasteiger partial charge in [-0.05, 0) is 36.8 Å². The summed E-state index contributed by atoms with van der Waals surface area (Å²) in [7, 11) is 0. The highest BCUT2D eigenvalue weighted by Crippen LogP contribution is 2.37. The number of hydrogen-bond donors (Lipinski definition) is 1. The molecular weight excluding hydrogens is 518 g/mol. The number of nitrogens with zero attached hydrogens (tertiary/aromatic N) is 4. The van der Waals surface area contributed by atoms with Crippen LogP contribution in [0.4, 0.5) is 10.5 Å². The van der Waals surface area contributed by atoms with Crippen LogP contribution in [0, 0.1) is 0 Å². The lowest BCUT2D eigenvalue weighted by Crippen LogP contribution is -2.51. The molecule has 1 N–H and O–H groups in total. The lowest BCUT2D eigenvalue weighted by atomic mass is 9.95. The van der Waals surface area contributed by atoms with Crippen LogP contribution >= 0.6 is 11.6 Å². The Balaban J connectivity index is 1.28. The van der Waals surface area contributed by atoms with Crippen molar-refractivity contribution < 1.29 is 19.1 Å². The molecule has 3 aliphatic rings. The van der Waals surface area contributed by atoms with Gasteiger partial charge in [0.15, 0.2) is 0 Å². The first-order chi connectivity index (χ1) is 18.9. The third-order valence-electron chi connectivity index (χ3n) is 7.25. The van der Waals surface area contributed by atoms with Crippen molar-refractivity contribution >= 4 is 35.1 Å². The normalized spacial score (nSPS) is 19.3. The number of urea groups is 1. The van der Waals surface area contributed by atoms with Crippen molar-refractivity contribution in [3.63, 3.8) is 0 Å². The van der Waals surface area contributed by atoms with Crippen LogP contribution in [-0.4, -0.2) is 85.0 Å². The first-order valence-electron chi connectivity index (χ1n) is 13.1. The van der Waals surface area contributed by atoms with Crippen molar-refractivity contribution in [2.45, 2.75) is 13.0 Å². The largest absolute Gasteiger partial charge is 0.492 e. The fourth-order valence-corrected chi connectivity index (χ4v) is 5.59. The summed E-state index contributed by atoms with van der Waals surface area (Å²) in [6, 6.07) is 14.0. The Kier molecular flexibility index (Phi) is 7.79. The highest BCUT2D eigenvalue weighted by molar-refractivity contribution is 6.30. The van der Waals surface area contributed by atoms with Crippen LogP contribution in [0.5, 0.6) is 5.75 Å². The standard InChI is InChI=1S/C29H32ClN5O4/c1-3-12-35-23-18-34(28(37)26(23)27(31-29(35)38)20-8-7-9-21(30)17-20)19-25(36)33-15-13-32(14-16-33)22-10-5-6-11-24(22)39-4-2/h3,5-11,17,27H,1,4,12-16,18-19H2,2H3,(H,31,38). The van der Waals surface area contributed by atoms with Crippen LogP contribution in [0.15, 0.2) is 72.5 Å². The summed E-state index contributed by atoms with van der Waals surface area (Å²) >= 11 is 6.21. The van der Waals surface area contributed by atoms with Gasteiger partial charge in [-0.15, -0.1) is 6.58 Å². The molecule has 204 valence electrons. The van der Waals surface area contributed by atoms with Gasteiger partial charge in [0, 0.05) is 37.7 Å². The number of ether oxygens (including phenoxy) is 1. The lowest BCUT2D eigenvalue weighted by Gasteiger charge is -2.37. The molecule has 0 aromatic heterocycles. The number of amides is 4. The van der Waals surface area contributed by atoms with E-state index >= 15 is 0 Å². The number of anilines is 1. The van der Waals surface area contributed by atoms with Crippen LogP contribution in [0.1, 0.15) is 18.5 Å². The van der Waals surface area contributed by atoms with E-state index in [1.54, 1.807) is 29.2 Å². The van der Waals surface area contributed by atoms with Gasteiger partial charge in [0.25, 0.3) is 5.91 Å². The van der Waals surface area contributed by atoms with Gasteiger partial charge in [0.1, 0.15) is 12.3 Å². The molecule has 5 rings (SSSR count). The van der Waals surface area contributed by atoms with E-state index in [-0.39, 0.29) is 37.5 Å². The van der Waals surface area contributed by atoms with Gasteiger partial charge < -0.3 is 24.8 Å². The number of piperazine rings is 1. The van der Waals surface area contributed by atoms with E-state index in [0.29, 0.717) is 54.6 Å². The first kappa shape index (κ1) is 26.6. The summed E-state index contributed by atoms with van der Waals surface area (Å²) in [5, 5.41) is 3.44. The molecular formula is C29H32ClN5O4. The SMILES string of the molecule is C=CCN1C(=O)NC(c2cccc(Cl)c2)C2=C1CN(CC(=O)N1CCN(c3ccccc3OCC)CC1)C2=O. The molecule has 0 radical (unpaired) electrons. The molecule has 39 heavy (non-hydrogen) atoms. The molecule has 3 aliphatic heterocycles. The maximum Gasteiger partial charge on any atom is 0.322 e. The minimum atomic E-state index is -0.645. The van der Waals surface area contributed by atoms with Crippen molar-refractivity contribution in [1.82, 2.24) is 20.0 Å². The van der Waals surface area contributed by atoms with E-state index in [9.17, 15) is 14.4 Å². The van der Waals surface area contributed by atoms with E-state index in [2.05, 4.69) is 16.8 Å². The van der Waals surface area contributed by atoms with E-state index in [1.807, 2.05) is 37.3 Å². The average Bonchev–Trinajstić information content (AvgIpc) is 3.26. The summed E-state index contributed by atoms with van der Waals surface area (Å²) < 4.78 is 5.77. The Morgan fingerprint density at radius 2 is 1.90 bits per heavy atom. The van der Waals surface area contributed by atoms with Gasteiger partial charge in [0.2, 0.25) is 5.91 Å². The molecule has 2 aromatic rings. The molecule has 1 atom stereocenters. The van der Waals surface area contributed by atoms with Crippen LogP contribution in [-0.2, 0) is 9.59 Å². The zero-order valence-corrected chi connectivity index (χ0v) is 22.7. The predicted octanol–water partition coefficient (Wildman–Crippen LogP) is 3.44. The predicted molar refractivity (Wildman–Crippen MR) is 150 cm³/mol. The van der Waals surface area contributed by atoms with Gasteiger partial charge in [-0.25, -0.2) is 4.79 Å². The maximum absolute atomic E-state index is 13.7. The number of hydrogen-bond acceptors (Lipinski definition) is 5. The number of benzene rings is 2. The van der Waals surface area contributed by atoms with E-state index in [4.69, 9.17) is 16.3 Å². The summed E-state index contributed by atoms with van der Waals surface area (Å²) in [4.78, 5) is 47.0. The van der Waals surface area contributed by atoms with E-state index in [0.717, 1.165) is 11.4 Å². The van der Waals surface area contributed by atoms with Crippen molar-refractivity contribution in [1.29, 1.82) is 0 Å². The summed E-state index contributed by atoms with van der Waals surface area (Å²) in [6.45, 7) is 9.10. The molecule has 0 saturated carbocycles. The lowest BCUT2D eigenvalue weighted by molar-refractivity contribution is -0.137. The van der Waals surface area contributed by atoms with Crippen molar-refractivity contribution in [2.24, 2.45) is 0 Å². The van der Waals surface area contributed by atoms with Crippen LogP contribution < -0.4 is 15.0 Å². The van der Waals surface area contributed by atoms with Crippen LogP contribution in [0.3, 0.4) is 0 Å². The van der Waals surface area contributed by atoms with E-state index in [1.165, 1.54) is 9.80 Å². The molecule has 3 heterocycles. The third kappa shape index (κ3) is 5.31. The second-order valence-corrected chi connectivity index (χ2v) is 10.1. The van der Waals surface area contributed by atoms with Gasteiger partial charge in [-0.3, -0.25) is 14.5 Å². The van der Waals surface area contributed by atoms with Gasteiger partial charge >= 0.3 is 6.03 Å². The molecule has 10 heteroatoms. The molecule has 4 amide bonds. The van der Waals surface area contributed by atoms with Crippen molar-refractivity contribution in [3.8, 4) is 5.75 Å². The molecule has 1 unspecified atom stereocenters. The third-order valence-corrected chi connectivity index (χ3v) is 7.49. The molecule has 2 aromatic carbocycles. The number of carbonyl (C=O) groups excluding carboxylic acids is 3. The molecule has 9 nitrogen and oxygen atoms in total. The quantitative estimate of drug-likeness (QED) is 0.510. The Labute approximate surface area is 233 Å². The smallest absolute Gasteiger partial charge is 0.322 e. The number of carbonyl (C=O) groups is 3. The minimum Gasteiger partial charge on any atom is -0.492 e. The van der Waals surface area contributed by atoms with Gasteiger partial charge in [-0.2, -0.15) is 0 Å². The molecule has 1 saturated heterocycles. The Morgan fingerprint density at radius 1 is 1.13 bits per heavy atom. The van der Waals surface area contributed by atoms with E-state index < -0.39 is 6.04 Å². The molecule has 1 fully saturated rings. The second-order valence-electron chi connectivity index (χ2n) is 9.63. The summed E-state index contributed by atoms with van der Waals surface area (Å²) in [5.41, 5.74) is 2.79. The fourth-order valence-electron chi connectivity index (χ4n) is 5.39. The minimum absolute atomic E-state index is 0.0558. The molecule has 0 spiro atoms.